The van der Waals surface area contributed by atoms with Crippen molar-refractivity contribution in [1.82, 2.24) is 0 Å². The topological polar surface area (TPSA) is 29.5 Å². The third-order valence-electron chi connectivity index (χ3n) is 2.44. The van der Waals surface area contributed by atoms with Crippen LogP contribution in [0.4, 0.5) is 0 Å². The molecule has 2 atom stereocenters. The van der Waals surface area contributed by atoms with E-state index in [0.717, 1.165) is 12.8 Å². The summed E-state index contributed by atoms with van der Waals surface area (Å²) in [6.07, 6.45) is 7.77. The Labute approximate surface area is 88.0 Å². The predicted molar refractivity (Wildman–Crippen MR) is 60.4 cm³/mol. The van der Waals surface area contributed by atoms with Gasteiger partial charge in [-0.1, -0.05) is 32.3 Å². The third kappa shape index (κ3) is 7.10. The van der Waals surface area contributed by atoms with E-state index in [-0.39, 0.29) is 12.2 Å². The van der Waals surface area contributed by atoms with Crippen molar-refractivity contribution in [3.8, 4) is 0 Å². The smallest absolute Gasteiger partial charge is 0.0599 e. The van der Waals surface area contributed by atoms with Crippen molar-refractivity contribution in [3.05, 3.63) is 12.7 Å². The van der Waals surface area contributed by atoms with E-state index in [9.17, 15) is 5.11 Å². The van der Waals surface area contributed by atoms with E-state index in [0.29, 0.717) is 6.42 Å². The lowest BCUT2D eigenvalue weighted by atomic mass is 10.0. The fraction of sp³-hybridized carbons (Fsp3) is 0.833. The first-order valence-corrected chi connectivity index (χ1v) is 5.56. The lowest BCUT2D eigenvalue weighted by molar-refractivity contribution is 0.0399. The Kier molecular flexibility index (Phi) is 9.00. The highest BCUT2D eigenvalue weighted by Crippen LogP contribution is 2.13. The highest BCUT2D eigenvalue weighted by atomic mass is 16.5. The van der Waals surface area contributed by atoms with Crippen molar-refractivity contribution < 1.29 is 9.84 Å². The SMILES string of the molecule is C=CC[C@@H](O)C[C@H](CCCCC)OC. The Hall–Kier alpha value is -0.340. The number of methoxy groups -OCH3 is 1. The van der Waals surface area contributed by atoms with Crippen LogP contribution in [0.5, 0.6) is 0 Å². The molecule has 0 aromatic heterocycles. The quantitative estimate of drug-likeness (QED) is 0.458. The number of hydrogen-bond acceptors (Lipinski definition) is 2. The van der Waals surface area contributed by atoms with E-state index >= 15 is 0 Å². The van der Waals surface area contributed by atoms with Crippen LogP contribution in [0.2, 0.25) is 0 Å². The van der Waals surface area contributed by atoms with E-state index < -0.39 is 0 Å². The molecular weight excluding hydrogens is 176 g/mol. The molecule has 0 aromatic rings. The Balaban J connectivity index is 3.60. The van der Waals surface area contributed by atoms with Gasteiger partial charge in [0.15, 0.2) is 0 Å². The Bertz CT molecular complexity index is 134. The minimum absolute atomic E-state index is 0.205. The van der Waals surface area contributed by atoms with Gasteiger partial charge in [-0.3, -0.25) is 0 Å². The molecule has 0 amide bonds. The first-order valence-electron chi connectivity index (χ1n) is 5.56. The van der Waals surface area contributed by atoms with Crippen molar-refractivity contribution in [1.29, 1.82) is 0 Å². The van der Waals surface area contributed by atoms with Gasteiger partial charge in [-0.05, 0) is 19.3 Å². The van der Waals surface area contributed by atoms with Gasteiger partial charge in [0.05, 0.1) is 12.2 Å². The normalized spacial score (nSPS) is 15.1. The standard InChI is InChI=1S/C12H24O2/c1-4-6-7-9-12(14-3)10-11(13)8-5-2/h5,11-13H,2,4,6-10H2,1,3H3/t11-,12+/m1/s1. The van der Waals surface area contributed by atoms with Gasteiger partial charge in [-0.25, -0.2) is 0 Å². The monoisotopic (exact) mass is 200 g/mol. The summed E-state index contributed by atoms with van der Waals surface area (Å²) in [4.78, 5) is 0. The molecule has 0 aliphatic rings. The molecule has 0 fully saturated rings. The van der Waals surface area contributed by atoms with Gasteiger partial charge in [0.1, 0.15) is 0 Å². The molecule has 0 radical (unpaired) electrons. The second-order valence-electron chi connectivity index (χ2n) is 3.77. The highest BCUT2D eigenvalue weighted by molar-refractivity contribution is 4.74. The van der Waals surface area contributed by atoms with Crippen LogP contribution >= 0.6 is 0 Å². The van der Waals surface area contributed by atoms with Crippen LogP contribution < -0.4 is 0 Å². The number of ether oxygens (including phenoxy) is 1. The van der Waals surface area contributed by atoms with E-state index in [2.05, 4.69) is 13.5 Å². The van der Waals surface area contributed by atoms with E-state index in [1.165, 1.54) is 19.3 Å². The summed E-state index contributed by atoms with van der Waals surface area (Å²) in [7, 11) is 1.72. The van der Waals surface area contributed by atoms with Gasteiger partial charge < -0.3 is 9.84 Å². The van der Waals surface area contributed by atoms with Crippen LogP contribution in [0.15, 0.2) is 12.7 Å². The van der Waals surface area contributed by atoms with Gasteiger partial charge >= 0.3 is 0 Å². The predicted octanol–water partition coefficient (Wildman–Crippen LogP) is 2.91. The molecule has 0 aliphatic carbocycles. The Morgan fingerprint density at radius 3 is 2.64 bits per heavy atom. The molecular formula is C12H24O2. The van der Waals surface area contributed by atoms with Gasteiger partial charge in [-0.2, -0.15) is 0 Å². The molecule has 2 nitrogen and oxygen atoms in total. The van der Waals surface area contributed by atoms with Crippen molar-refractivity contribution >= 4 is 0 Å². The number of aliphatic hydroxyl groups excluding tert-OH is 1. The van der Waals surface area contributed by atoms with Crippen LogP contribution in [0.3, 0.4) is 0 Å². The maximum Gasteiger partial charge on any atom is 0.0599 e. The molecule has 0 spiro atoms. The van der Waals surface area contributed by atoms with E-state index in [4.69, 9.17) is 4.74 Å². The summed E-state index contributed by atoms with van der Waals surface area (Å²) in [6, 6.07) is 0. The molecule has 0 aliphatic heterocycles. The Morgan fingerprint density at radius 2 is 2.14 bits per heavy atom. The zero-order chi connectivity index (χ0) is 10.8. The molecule has 0 aromatic carbocycles. The summed E-state index contributed by atoms with van der Waals surface area (Å²) in [5, 5.41) is 9.56. The summed E-state index contributed by atoms with van der Waals surface area (Å²) >= 11 is 0. The summed E-state index contributed by atoms with van der Waals surface area (Å²) in [6.45, 7) is 5.80. The number of aliphatic hydroxyl groups is 1. The molecule has 84 valence electrons. The molecule has 0 saturated heterocycles. The molecule has 0 unspecified atom stereocenters. The summed E-state index contributed by atoms with van der Waals surface area (Å²) in [5.74, 6) is 0. The minimum atomic E-state index is -0.293. The van der Waals surface area contributed by atoms with Crippen LogP contribution in [0, 0.1) is 0 Å². The largest absolute Gasteiger partial charge is 0.393 e. The van der Waals surface area contributed by atoms with Crippen molar-refractivity contribution in [2.75, 3.05) is 7.11 Å². The molecule has 0 saturated carbocycles. The molecule has 2 heteroatoms. The molecule has 0 rings (SSSR count). The van der Waals surface area contributed by atoms with Gasteiger partial charge in [0, 0.05) is 7.11 Å². The fourth-order valence-corrected chi connectivity index (χ4v) is 1.55. The average molecular weight is 200 g/mol. The van der Waals surface area contributed by atoms with Crippen LogP contribution in [-0.2, 0) is 4.74 Å². The first kappa shape index (κ1) is 13.7. The van der Waals surface area contributed by atoms with Crippen LogP contribution in [0.25, 0.3) is 0 Å². The maximum absolute atomic E-state index is 9.56. The summed E-state index contributed by atoms with van der Waals surface area (Å²) in [5.41, 5.74) is 0. The molecule has 0 heterocycles. The second-order valence-corrected chi connectivity index (χ2v) is 3.77. The number of unbranched alkanes of at least 4 members (excludes halogenated alkanes) is 2. The van der Waals surface area contributed by atoms with Gasteiger partial charge in [-0.15, -0.1) is 6.58 Å². The Morgan fingerprint density at radius 1 is 1.43 bits per heavy atom. The van der Waals surface area contributed by atoms with E-state index in [1.807, 2.05) is 0 Å². The fourth-order valence-electron chi connectivity index (χ4n) is 1.55. The third-order valence-corrected chi connectivity index (χ3v) is 2.44. The van der Waals surface area contributed by atoms with Crippen LogP contribution in [-0.4, -0.2) is 24.4 Å². The molecule has 1 N–H and O–H groups in total. The number of hydrogen-bond donors (Lipinski definition) is 1. The van der Waals surface area contributed by atoms with Crippen molar-refractivity contribution in [3.63, 3.8) is 0 Å². The maximum atomic E-state index is 9.56. The van der Waals surface area contributed by atoms with Gasteiger partial charge in [0.25, 0.3) is 0 Å². The molecule has 14 heavy (non-hydrogen) atoms. The lowest BCUT2D eigenvalue weighted by Gasteiger charge is -2.18. The lowest BCUT2D eigenvalue weighted by Crippen LogP contribution is -2.19. The van der Waals surface area contributed by atoms with Gasteiger partial charge in [0.2, 0.25) is 0 Å². The minimum Gasteiger partial charge on any atom is -0.393 e. The summed E-state index contributed by atoms with van der Waals surface area (Å²) < 4.78 is 5.32. The zero-order valence-electron chi connectivity index (χ0n) is 9.54. The van der Waals surface area contributed by atoms with Crippen molar-refractivity contribution in [2.45, 2.75) is 57.7 Å². The molecule has 0 bridgehead atoms. The van der Waals surface area contributed by atoms with Crippen LogP contribution in [0.1, 0.15) is 45.4 Å². The van der Waals surface area contributed by atoms with Crippen molar-refractivity contribution in [2.24, 2.45) is 0 Å². The first-order chi connectivity index (χ1) is 6.74. The number of rotatable bonds is 9. The average Bonchev–Trinajstić information content (AvgIpc) is 2.17. The highest BCUT2D eigenvalue weighted by Gasteiger charge is 2.12. The second kappa shape index (κ2) is 9.22. The zero-order valence-corrected chi connectivity index (χ0v) is 9.54. The van der Waals surface area contributed by atoms with E-state index in [1.54, 1.807) is 13.2 Å².